The van der Waals surface area contributed by atoms with Gasteiger partial charge in [-0.2, -0.15) is 0 Å². The highest BCUT2D eigenvalue weighted by Crippen LogP contribution is 2.32. The van der Waals surface area contributed by atoms with Gasteiger partial charge < -0.3 is 24.6 Å². The van der Waals surface area contributed by atoms with Crippen molar-refractivity contribution in [3.05, 3.63) is 53.6 Å². The molecule has 1 amide bonds. The molecule has 2 aromatic carbocycles. The number of benzene rings is 2. The summed E-state index contributed by atoms with van der Waals surface area (Å²) in [6.07, 6.45) is 0. The third-order valence-corrected chi connectivity index (χ3v) is 5.78. The largest absolute Gasteiger partial charge is 0.486 e. The number of ether oxygens (including phenoxy) is 2. The van der Waals surface area contributed by atoms with Crippen LogP contribution in [0.4, 0.5) is 5.69 Å². The molecule has 2 heterocycles. The number of carbonyl (C=O) groups is 1. The van der Waals surface area contributed by atoms with Gasteiger partial charge in [-0.15, -0.1) is 0 Å². The first-order valence-electron chi connectivity index (χ1n) is 10.4. The van der Waals surface area contributed by atoms with E-state index in [1.54, 1.807) is 0 Å². The highest BCUT2D eigenvalue weighted by molar-refractivity contribution is 5.77. The molecule has 4 rings (SSSR count). The Morgan fingerprint density at radius 3 is 2.59 bits per heavy atom. The van der Waals surface area contributed by atoms with Gasteiger partial charge in [0, 0.05) is 5.69 Å². The van der Waals surface area contributed by atoms with Crippen molar-refractivity contribution in [2.24, 2.45) is 0 Å². The minimum Gasteiger partial charge on any atom is -0.486 e. The van der Waals surface area contributed by atoms with Crippen LogP contribution < -0.4 is 24.6 Å². The molecule has 6 heteroatoms. The first-order chi connectivity index (χ1) is 14.1. The summed E-state index contributed by atoms with van der Waals surface area (Å²) in [7, 11) is 0. The Morgan fingerprint density at radius 1 is 1.10 bits per heavy atom. The standard InChI is InChI=1S/C23H29N3O3/c1-17-5-3-4-6-20(17)26-11-9-25(10-12-26)16-23(27)24-18(2)19-7-8-21-22(15-19)29-14-13-28-21/h3-8,15,18H,9-14,16H2,1-2H3,(H,24,27)/p+1/t18-/m1/s1. The van der Waals surface area contributed by atoms with E-state index in [1.165, 1.54) is 16.2 Å². The van der Waals surface area contributed by atoms with Crippen LogP contribution in [0.15, 0.2) is 42.5 Å². The lowest BCUT2D eigenvalue weighted by atomic mass is 10.1. The van der Waals surface area contributed by atoms with Crippen LogP contribution in [0, 0.1) is 6.92 Å². The van der Waals surface area contributed by atoms with Crippen LogP contribution in [0.25, 0.3) is 0 Å². The maximum Gasteiger partial charge on any atom is 0.275 e. The minimum absolute atomic E-state index is 0.0639. The predicted molar refractivity (Wildman–Crippen MR) is 113 cm³/mol. The lowest BCUT2D eigenvalue weighted by Crippen LogP contribution is -3.16. The Balaban J connectivity index is 1.27. The number of aryl methyl sites for hydroxylation is 1. The fourth-order valence-electron chi connectivity index (χ4n) is 4.09. The number of nitrogens with one attached hydrogen (secondary N) is 2. The zero-order valence-corrected chi connectivity index (χ0v) is 17.2. The molecular formula is C23H30N3O3+. The van der Waals surface area contributed by atoms with Crippen molar-refractivity contribution in [1.29, 1.82) is 0 Å². The van der Waals surface area contributed by atoms with E-state index in [1.807, 2.05) is 25.1 Å². The van der Waals surface area contributed by atoms with E-state index in [4.69, 9.17) is 9.47 Å². The van der Waals surface area contributed by atoms with Gasteiger partial charge in [0.2, 0.25) is 0 Å². The number of piperazine rings is 1. The van der Waals surface area contributed by atoms with E-state index in [-0.39, 0.29) is 11.9 Å². The summed E-state index contributed by atoms with van der Waals surface area (Å²) < 4.78 is 11.2. The molecule has 2 aliphatic heterocycles. The molecule has 0 spiro atoms. The minimum atomic E-state index is -0.0639. The van der Waals surface area contributed by atoms with Crippen molar-refractivity contribution in [3.8, 4) is 11.5 Å². The van der Waals surface area contributed by atoms with Gasteiger partial charge in [-0.05, 0) is 43.2 Å². The molecule has 1 saturated heterocycles. The number of para-hydroxylation sites is 1. The summed E-state index contributed by atoms with van der Waals surface area (Å²) in [5.74, 6) is 1.62. The Kier molecular flexibility index (Phi) is 5.90. The van der Waals surface area contributed by atoms with Crippen LogP contribution in [0.1, 0.15) is 24.1 Å². The first-order valence-corrected chi connectivity index (χ1v) is 10.4. The second-order valence-corrected chi connectivity index (χ2v) is 7.89. The number of amides is 1. The van der Waals surface area contributed by atoms with Crippen molar-refractivity contribution in [2.45, 2.75) is 19.9 Å². The van der Waals surface area contributed by atoms with Crippen molar-refractivity contribution in [1.82, 2.24) is 5.32 Å². The fourth-order valence-corrected chi connectivity index (χ4v) is 4.09. The topological polar surface area (TPSA) is 55.2 Å². The van der Waals surface area contributed by atoms with E-state index in [0.29, 0.717) is 19.8 Å². The Morgan fingerprint density at radius 2 is 1.83 bits per heavy atom. The molecular weight excluding hydrogens is 366 g/mol. The molecule has 0 saturated carbocycles. The SMILES string of the molecule is Cc1ccccc1N1CC[NH+](CC(=O)N[C@H](C)c2ccc3c(c2)OCCO3)CC1. The summed E-state index contributed by atoms with van der Waals surface area (Å²) in [4.78, 5) is 16.3. The molecule has 6 nitrogen and oxygen atoms in total. The van der Waals surface area contributed by atoms with Crippen LogP contribution in [-0.2, 0) is 4.79 Å². The van der Waals surface area contributed by atoms with Crippen molar-refractivity contribution >= 4 is 11.6 Å². The average molecular weight is 397 g/mol. The van der Waals surface area contributed by atoms with E-state index in [9.17, 15) is 4.79 Å². The summed E-state index contributed by atoms with van der Waals surface area (Å²) in [6.45, 7) is 9.72. The highest BCUT2D eigenvalue weighted by atomic mass is 16.6. The fraction of sp³-hybridized carbons (Fsp3) is 0.435. The molecule has 0 aromatic heterocycles. The van der Waals surface area contributed by atoms with Gasteiger partial charge in [0.05, 0.1) is 32.2 Å². The van der Waals surface area contributed by atoms with E-state index < -0.39 is 0 Å². The molecule has 0 radical (unpaired) electrons. The van der Waals surface area contributed by atoms with Crippen molar-refractivity contribution in [3.63, 3.8) is 0 Å². The highest BCUT2D eigenvalue weighted by Gasteiger charge is 2.24. The first kappa shape index (κ1) is 19.6. The third-order valence-electron chi connectivity index (χ3n) is 5.78. The number of fused-ring (bicyclic) bond motifs is 1. The number of anilines is 1. The summed E-state index contributed by atoms with van der Waals surface area (Å²) >= 11 is 0. The molecule has 1 atom stereocenters. The maximum atomic E-state index is 12.6. The quantitative estimate of drug-likeness (QED) is 0.801. The lowest BCUT2D eigenvalue weighted by Gasteiger charge is -2.34. The monoisotopic (exact) mass is 396 g/mol. The van der Waals surface area contributed by atoms with Crippen LogP contribution in [0.2, 0.25) is 0 Å². The molecule has 154 valence electrons. The second-order valence-electron chi connectivity index (χ2n) is 7.89. The molecule has 2 N–H and O–H groups in total. The Bertz CT molecular complexity index is 862. The van der Waals surface area contributed by atoms with Crippen molar-refractivity contribution < 1.29 is 19.2 Å². The maximum absolute atomic E-state index is 12.6. The van der Waals surface area contributed by atoms with Gasteiger partial charge in [0.25, 0.3) is 5.91 Å². The summed E-state index contributed by atoms with van der Waals surface area (Å²) in [5.41, 5.74) is 3.65. The number of carbonyl (C=O) groups excluding carboxylic acids is 1. The van der Waals surface area contributed by atoms with Gasteiger partial charge in [0.15, 0.2) is 18.0 Å². The predicted octanol–water partition coefficient (Wildman–Crippen LogP) is 1.35. The molecule has 29 heavy (non-hydrogen) atoms. The normalized spacial score (nSPS) is 17.7. The van der Waals surface area contributed by atoms with Crippen LogP contribution in [0.5, 0.6) is 11.5 Å². The molecule has 1 fully saturated rings. The van der Waals surface area contributed by atoms with Gasteiger partial charge in [-0.1, -0.05) is 24.3 Å². The van der Waals surface area contributed by atoms with Gasteiger partial charge in [-0.25, -0.2) is 0 Å². The number of hydrogen-bond donors (Lipinski definition) is 2. The van der Waals surface area contributed by atoms with Gasteiger partial charge in [0.1, 0.15) is 13.2 Å². The van der Waals surface area contributed by atoms with Crippen LogP contribution in [0.3, 0.4) is 0 Å². The second kappa shape index (κ2) is 8.74. The Labute approximate surface area is 172 Å². The third kappa shape index (κ3) is 4.65. The molecule has 0 aliphatic carbocycles. The smallest absolute Gasteiger partial charge is 0.275 e. The Hall–Kier alpha value is -2.73. The summed E-state index contributed by atoms with van der Waals surface area (Å²) in [6, 6.07) is 14.3. The number of rotatable bonds is 5. The molecule has 2 aromatic rings. The van der Waals surface area contributed by atoms with Crippen LogP contribution >= 0.6 is 0 Å². The van der Waals surface area contributed by atoms with Crippen LogP contribution in [-0.4, -0.2) is 51.8 Å². The zero-order valence-electron chi connectivity index (χ0n) is 17.2. The number of hydrogen-bond acceptors (Lipinski definition) is 4. The zero-order chi connectivity index (χ0) is 20.2. The van der Waals surface area contributed by atoms with Gasteiger partial charge in [-0.3, -0.25) is 4.79 Å². The number of nitrogens with zero attached hydrogens (tertiary/aromatic N) is 1. The summed E-state index contributed by atoms with van der Waals surface area (Å²) in [5, 5.41) is 3.13. The average Bonchev–Trinajstić information content (AvgIpc) is 2.74. The van der Waals surface area contributed by atoms with E-state index in [0.717, 1.165) is 43.2 Å². The molecule has 0 unspecified atom stereocenters. The number of quaternary nitrogens is 1. The lowest BCUT2D eigenvalue weighted by molar-refractivity contribution is -0.892. The molecule has 0 bridgehead atoms. The van der Waals surface area contributed by atoms with Gasteiger partial charge >= 0.3 is 0 Å². The van der Waals surface area contributed by atoms with E-state index in [2.05, 4.69) is 41.4 Å². The molecule has 2 aliphatic rings. The van der Waals surface area contributed by atoms with E-state index >= 15 is 0 Å². The van der Waals surface area contributed by atoms with Crippen molar-refractivity contribution in [2.75, 3.05) is 50.8 Å².